The summed E-state index contributed by atoms with van der Waals surface area (Å²) in [5.74, 6) is -0.197. The monoisotopic (exact) mass is 234 g/mol. The van der Waals surface area contributed by atoms with Crippen molar-refractivity contribution < 1.29 is 9.53 Å². The second-order valence-corrected chi connectivity index (χ2v) is 3.86. The summed E-state index contributed by atoms with van der Waals surface area (Å²) in [7, 11) is 3.83. The van der Waals surface area contributed by atoms with E-state index in [0.29, 0.717) is 13.0 Å². The minimum atomic E-state index is -0.197. The molecule has 0 spiro atoms. The highest BCUT2D eigenvalue weighted by Crippen LogP contribution is 2.13. The summed E-state index contributed by atoms with van der Waals surface area (Å²) in [5, 5.41) is 0. The lowest BCUT2D eigenvalue weighted by atomic mass is 10.1. The molecule has 4 heteroatoms. The Balaban J connectivity index is 2.59. The van der Waals surface area contributed by atoms with E-state index in [-0.39, 0.29) is 5.97 Å². The second kappa shape index (κ2) is 6.68. The van der Waals surface area contributed by atoms with Gasteiger partial charge in [0, 0.05) is 14.1 Å². The number of hydrogen-bond donors (Lipinski definition) is 0. The van der Waals surface area contributed by atoms with Crippen molar-refractivity contribution in [3.8, 4) is 0 Å². The molecule has 0 N–H and O–H groups in total. The average Bonchev–Trinajstić information content (AvgIpc) is 2.28. The number of ether oxygens (including phenoxy) is 1. The zero-order valence-electron chi connectivity index (χ0n) is 10.5. The number of carbonyl (C=O) groups excluding carboxylic acids is 1. The molecular weight excluding hydrogens is 216 g/mol. The van der Waals surface area contributed by atoms with Crippen LogP contribution in [-0.2, 0) is 16.0 Å². The quantitative estimate of drug-likeness (QED) is 0.444. The first-order chi connectivity index (χ1) is 8.11. The highest BCUT2D eigenvalue weighted by Gasteiger charge is 2.03. The first kappa shape index (κ1) is 13.2. The van der Waals surface area contributed by atoms with Crippen molar-refractivity contribution in [1.82, 2.24) is 4.90 Å². The molecule has 1 rings (SSSR count). The normalized spacial score (nSPS) is 10.5. The number of benzene rings is 1. The fraction of sp³-hybridized carbons (Fsp3) is 0.385. The van der Waals surface area contributed by atoms with Gasteiger partial charge in [0.15, 0.2) is 0 Å². The van der Waals surface area contributed by atoms with Gasteiger partial charge in [0.25, 0.3) is 0 Å². The fourth-order valence-corrected chi connectivity index (χ4v) is 1.26. The molecule has 0 saturated carbocycles. The Bertz CT molecular complexity index is 383. The second-order valence-electron chi connectivity index (χ2n) is 3.86. The first-order valence-electron chi connectivity index (χ1n) is 5.57. The van der Waals surface area contributed by atoms with Gasteiger partial charge in [0.2, 0.25) is 0 Å². The number of rotatable bonds is 5. The predicted molar refractivity (Wildman–Crippen MR) is 68.6 cm³/mol. The lowest BCUT2D eigenvalue weighted by Crippen LogP contribution is -2.07. The van der Waals surface area contributed by atoms with Crippen molar-refractivity contribution in [1.29, 1.82) is 0 Å². The maximum atomic E-state index is 11.3. The molecule has 0 radical (unpaired) electrons. The van der Waals surface area contributed by atoms with Gasteiger partial charge in [0.1, 0.15) is 0 Å². The van der Waals surface area contributed by atoms with Crippen LogP contribution >= 0.6 is 0 Å². The van der Waals surface area contributed by atoms with Crippen LogP contribution < -0.4 is 0 Å². The van der Waals surface area contributed by atoms with Crippen LogP contribution in [0.5, 0.6) is 0 Å². The molecule has 0 unspecified atom stereocenters. The van der Waals surface area contributed by atoms with E-state index in [4.69, 9.17) is 4.74 Å². The minimum absolute atomic E-state index is 0.197. The molecule has 0 aliphatic carbocycles. The van der Waals surface area contributed by atoms with E-state index < -0.39 is 0 Å². The fourth-order valence-electron chi connectivity index (χ4n) is 1.26. The van der Waals surface area contributed by atoms with E-state index in [0.717, 1.165) is 11.3 Å². The molecule has 0 atom stereocenters. The third kappa shape index (κ3) is 5.15. The first-order valence-corrected chi connectivity index (χ1v) is 5.57. The Hall–Kier alpha value is -1.84. The number of carbonyl (C=O) groups is 1. The summed E-state index contributed by atoms with van der Waals surface area (Å²) in [6, 6.07) is 7.54. The lowest BCUT2D eigenvalue weighted by molar-refractivity contribution is -0.142. The molecule has 0 heterocycles. The molecule has 0 aliphatic rings. The molecular formula is C13H18N2O2. The van der Waals surface area contributed by atoms with Crippen LogP contribution in [0.25, 0.3) is 0 Å². The lowest BCUT2D eigenvalue weighted by Gasteiger charge is -2.04. The minimum Gasteiger partial charge on any atom is -0.466 e. The van der Waals surface area contributed by atoms with Gasteiger partial charge in [-0.15, -0.1) is 0 Å². The van der Waals surface area contributed by atoms with Crippen LogP contribution in [0, 0.1) is 0 Å². The Morgan fingerprint density at radius 3 is 2.53 bits per heavy atom. The maximum Gasteiger partial charge on any atom is 0.310 e. The topological polar surface area (TPSA) is 41.9 Å². The van der Waals surface area contributed by atoms with E-state index in [9.17, 15) is 4.79 Å². The van der Waals surface area contributed by atoms with Crippen LogP contribution in [0.1, 0.15) is 12.5 Å². The van der Waals surface area contributed by atoms with Crippen molar-refractivity contribution in [2.45, 2.75) is 13.3 Å². The maximum absolute atomic E-state index is 11.3. The van der Waals surface area contributed by atoms with Crippen LogP contribution in [0.3, 0.4) is 0 Å². The Morgan fingerprint density at radius 1 is 1.35 bits per heavy atom. The van der Waals surface area contributed by atoms with Gasteiger partial charge in [0.05, 0.1) is 25.1 Å². The number of aliphatic imine (C=N–C) groups is 1. The molecule has 17 heavy (non-hydrogen) atoms. The number of esters is 1. The van der Waals surface area contributed by atoms with Crippen molar-refractivity contribution in [2.75, 3.05) is 20.7 Å². The number of hydrogen-bond acceptors (Lipinski definition) is 3. The molecule has 0 bridgehead atoms. The van der Waals surface area contributed by atoms with E-state index in [2.05, 4.69) is 4.99 Å². The van der Waals surface area contributed by atoms with Gasteiger partial charge in [-0.25, -0.2) is 4.99 Å². The highest BCUT2D eigenvalue weighted by atomic mass is 16.5. The molecule has 0 aliphatic heterocycles. The summed E-state index contributed by atoms with van der Waals surface area (Å²) in [4.78, 5) is 17.4. The van der Waals surface area contributed by atoms with Crippen LogP contribution in [0.15, 0.2) is 29.3 Å². The van der Waals surface area contributed by atoms with Gasteiger partial charge in [-0.05, 0) is 24.6 Å². The average molecular weight is 234 g/mol. The molecule has 0 saturated heterocycles. The van der Waals surface area contributed by atoms with Gasteiger partial charge in [-0.1, -0.05) is 12.1 Å². The van der Waals surface area contributed by atoms with Crippen molar-refractivity contribution in [3.63, 3.8) is 0 Å². The summed E-state index contributed by atoms with van der Waals surface area (Å²) < 4.78 is 4.88. The van der Waals surface area contributed by atoms with Gasteiger partial charge in [-0.3, -0.25) is 4.79 Å². The SMILES string of the molecule is CCOC(=O)Cc1ccc(N=CN(C)C)cc1. The van der Waals surface area contributed by atoms with Gasteiger partial charge >= 0.3 is 5.97 Å². The van der Waals surface area contributed by atoms with E-state index in [1.54, 1.807) is 13.3 Å². The third-order valence-electron chi connectivity index (χ3n) is 2.03. The molecule has 1 aromatic rings. The smallest absolute Gasteiger partial charge is 0.310 e. The molecule has 0 amide bonds. The molecule has 0 aromatic heterocycles. The third-order valence-corrected chi connectivity index (χ3v) is 2.03. The largest absolute Gasteiger partial charge is 0.466 e. The van der Waals surface area contributed by atoms with E-state index >= 15 is 0 Å². The highest BCUT2D eigenvalue weighted by molar-refractivity contribution is 5.72. The standard InChI is InChI=1S/C13H18N2O2/c1-4-17-13(16)9-11-5-7-12(8-6-11)14-10-15(2)3/h5-8,10H,4,9H2,1-3H3. The molecule has 92 valence electrons. The molecule has 1 aromatic carbocycles. The van der Waals surface area contributed by atoms with Crippen LogP contribution in [0.2, 0.25) is 0 Å². The van der Waals surface area contributed by atoms with Crippen molar-refractivity contribution in [2.24, 2.45) is 4.99 Å². The van der Waals surface area contributed by atoms with Crippen LogP contribution in [0.4, 0.5) is 5.69 Å². The Morgan fingerprint density at radius 2 is 2.00 bits per heavy atom. The summed E-state index contributed by atoms with van der Waals surface area (Å²) >= 11 is 0. The summed E-state index contributed by atoms with van der Waals surface area (Å²) in [6.45, 7) is 2.22. The van der Waals surface area contributed by atoms with Gasteiger partial charge < -0.3 is 9.64 Å². The Kier molecular flexibility index (Phi) is 5.20. The van der Waals surface area contributed by atoms with Crippen molar-refractivity contribution in [3.05, 3.63) is 29.8 Å². The summed E-state index contributed by atoms with van der Waals surface area (Å²) in [6.07, 6.45) is 2.05. The number of nitrogens with zero attached hydrogens (tertiary/aromatic N) is 2. The zero-order valence-corrected chi connectivity index (χ0v) is 10.5. The summed E-state index contributed by atoms with van der Waals surface area (Å²) in [5.41, 5.74) is 1.80. The van der Waals surface area contributed by atoms with Crippen molar-refractivity contribution >= 4 is 18.0 Å². The Labute approximate surface area is 102 Å². The molecule has 0 fully saturated rings. The van der Waals surface area contributed by atoms with Gasteiger partial charge in [-0.2, -0.15) is 0 Å². The van der Waals surface area contributed by atoms with Crippen LogP contribution in [-0.4, -0.2) is 37.9 Å². The van der Waals surface area contributed by atoms with E-state index in [1.165, 1.54) is 0 Å². The predicted octanol–water partition coefficient (Wildman–Crippen LogP) is 2.01. The zero-order chi connectivity index (χ0) is 12.7. The van der Waals surface area contributed by atoms with E-state index in [1.807, 2.05) is 43.3 Å². The molecule has 4 nitrogen and oxygen atoms in total.